The summed E-state index contributed by atoms with van der Waals surface area (Å²) in [6.07, 6.45) is 0.284. The summed E-state index contributed by atoms with van der Waals surface area (Å²) in [5, 5.41) is 6.94. The highest BCUT2D eigenvalue weighted by atomic mass is 35.5. The highest BCUT2D eigenvalue weighted by Gasteiger charge is 2.37. The molecule has 2 N–H and O–H groups in total. The Morgan fingerprint density at radius 3 is 2.59 bits per heavy atom. The Morgan fingerprint density at radius 2 is 2.00 bits per heavy atom. The van der Waals surface area contributed by atoms with Crippen molar-refractivity contribution in [3.63, 3.8) is 0 Å². The van der Waals surface area contributed by atoms with Gasteiger partial charge in [-0.25, -0.2) is 0 Å². The van der Waals surface area contributed by atoms with Crippen LogP contribution in [0.5, 0.6) is 0 Å². The van der Waals surface area contributed by atoms with Crippen LogP contribution in [0.2, 0.25) is 28.2 Å². The smallest absolute Gasteiger partial charge is 0.319 e. The zero-order valence-corrected chi connectivity index (χ0v) is 21.8. The molecule has 1 aromatic carbocycles. The third-order valence-electron chi connectivity index (χ3n) is 6.68. The van der Waals surface area contributed by atoms with Gasteiger partial charge in [0.1, 0.15) is 0 Å². The number of anilines is 1. The van der Waals surface area contributed by atoms with Crippen molar-refractivity contribution in [1.29, 1.82) is 0 Å². The first-order valence-corrected chi connectivity index (χ1v) is 14.4. The summed E-state index contributed by atoms with van der Waals surface area (Å²) in [5.41, 5.74) is 1.71. The van der Waals surface area contributed by atoms with E-state index in [0.717, 1.165) is 4.57 Å². The van der Waals surface area contributed by atoms with E-state index < -0.39 is 20.8 Å². The van der Waals surface area contributed by atoms with Crippen LogP contribution in [0.1, 0.15) is 51.4 Å². The standard InChI is InChI=1S/C22H31Cl2F2N3O2Si/c1-12-16-15(7-8-28-20(12)30)29(21(25)26)19-17(16)14(11-13(23)18(19)24)27-9-10-31-32(5,6)22(2,3)4/h11-12,21,27H,7-10H2,1-6H3,(H,28,30). The number of rotatable bonds is 6. The predicted octanol–water partition coefficient (Wildman–Crippen LogP) is 6.55. The summed E-state index contributed by atoms with van der Waals surface area (Å²) in [7, 11) is -1.92. The monoisotopic (exact) mass is 505 g/mol. The molecule has 178 valence electrons. The Labute approximate surface area is 198 Å². The van der Waals surface area contributed by atoms with Crippen LogP contribution >= 0.6 is 23.2 Å². The Morgan fingerprint density at radius 1 is 1.34 bits per heavy atom. The lowest BCUT2D eigenvalue weighted by Crippen LogP contribution is -2.41. The Bertz CT molecular complexity index is 1030. The van der Waals surface area contributed by atoms with Crippen LogP contribution in [-0.4, -0.2) is 38.5 Å². The van der Waals surface area contributed by atoms with E-state index in [2.05, 4.69) is 44.5 Å². The number of carbonyl (C=O) groups is 1. The number of halogens is 4. The molecule has 1 atom stereocenters. The molecule has 10 heteroatoms. The molecule has 5 nitrogen and oxygen atoms in total. The second-order valence-corrected chi connectivity index (χ2v) is 15.3. The van der Waals surface area contributed by atoms with Gasteiger partial charge >= 0.3 is 6.55 Å². The first-order valence-electron chi connectivity index (χ1n) is 10.8. The van der Waals surface area contributed by atoms with Crippen LogP contribution in [-0.2, 0) is 15.6 Å². The number of benzene rings is 1. The van der Waals surface area contributed by atoms with Crippen LogP contribution in [0.25, 0.3) is 10.9 Å². The number of nitrogens with zero attached hydrogens (tertiary/aromatic N) is 1. The molecule has 1 aliphatic rings. The summed E-state index contributed by atoms with van der Waals surface area (Å²) < 4.78 is 35.5. The van der Waals surface area contributed by atoms with Gasteiger partial charge in [-0.05, 0) is 36.7 Å². The molecule has 3 rings (SSSR count). The van der Waals surface area contributed by atoms with Crippen LogP contribution in [0.15, 0.2) is 6.07 Å². The van der Waals surface area contributed by atoms with Gasteiger partial charge < -0.3 is 15.1 Å². The van der Waals surface area contributed by atoms with Crippen molar-refractivity contribution in [1.82, 2.24) is 9.88 Å². The number of alkyl halides is 2. The molecule has 1 aliphatic heterocycles. The van der Waals surface area contributed by atoms with Gasteiger partial charge in [0, 0.05) is 36.3 Å². The summed E-state index contributed by atoms with van der Waals surface area (Å²) in [6.45, 7) is 11.0. The zero-order valence-electron chi connectivity index (χ0n) is 19.3. The molecule has 2 heterocycles. The van der Waals surface area contributed by atoms with E-state index >= 15 is 0 Å². The summed E-state index contributed by atoms with van der Waals surface area (Å²) in [4.78, 5) is 12.5. The largest absolute Gasteiger partial charge is 0.415 e. The van der Waals surface area contributed by atoms with Crippen molar-refractivity contribution in [3.05, 3.63) is 27.4 Å². The van der Waals surface area contributed by atoms with Crippen molar-refractivity contribution in [2.45, 2.75) is 64.7 Å². The van der Waals surface area contributed by atoms with Gasteiger partial charge in [0.25, 0.3) is 0 Å². The maximum absolute atomic E-state index is 14.2. The topological polar surface area (TPSA) is 55.3 Å². The van der Waals surface area contributed by atoms with Crippen molar-refractivity contribution >= 4 is 54.0 Å². The van der Waals surface area contributed by atoms with E-state index in [1.54, 1.807) is 13.0 Å². The highest BCUT2D eigenvalue weighted by molar-refractivity contribution is 6.74. The molecule has 0 saturated heterocycles. The average Bonchev–Trinajstić information content (AvgIpc) is 2.95. The molecular weight excluding hydrogens is 475 g/mol. The first-order chi connectivity index (χ1) is 14.8. The normalized spacial score (nSPS) is 17.5. The van der Waals surface area contributed by atoms with Gasteiger partial charge in [0.2, 0.25) is 5.91 Å². The van der Waals surface area contributed by atoms with Gasteiger partial charge in [-0.2, -0.15) is 8.78 Å². The summed E-state index contributed by atoms with van der Waals surface area (Å²) in [5.74, 6) is -0.799. The highest BCUT2D eigenvalue weighted by Crippen LogP contribution is 2.46. The van der Waals surface area contributed by atoms with Crippen molar-refractivity contribution in [2.75, 3.05) is 25.0 Å². The number of fused-ring (bicyclic) bond motifs is 3. The zero-order chi connectivity index (χ0) is 24.0. The second kappa shape index (κ2) is 9.12. The third kappa shape index (κ3) is 4.51. The Balaban J connectivity index is 2.06. The quantitative estimate of drug-likeness (QED) is 0.345. The van der Waals surface area contributed by atoms with Crippen molar-refractivity contribution in [3.8, 4) is 0 Å². The maximum atomic E-state index is 14.2. The minimum atomic E-state index is -2.81. The lowest BCUT2D eigenvalue weighted by molar-refractivity contribution is -0.121. The van der Waals surface area contributed by atoms with Gasteiger partial charge in [-0.3, -0.25) is 9.36 Å². The second-order valence-electron chi connectivity index (χ2n) is 9.75. The average molecular weight is 506 g/mol. The lowest BCUT2D eigenvalue weighted by Gasteiger charge is -2.36. The molecule has 0 aliphatic carbocycles. The SMILES string of the molecule is CC1C(=O)NCCc2c1c1c(NCCO[Si](C)(C)C(C)(C)C)cc(Cl)c(Cl)c1n2C(F)F. The fourth-order valence-electron chi connectivity index (χ4n) is 3.89. The van der Waals surface area contributed by atoms with Crippen LogP contribution < -0.4 is 10.6 Å². The van der Waals surface area contributed by atoms with Gasteiger partial charge in [0.05, 0.1) is 28.1 Å². The first kappa shape index (κ1) is 25.3. The number of hydrogen-bond donors (Lipinski definition) is 2. The van der Waals surface area contributed by atoms with Crippen molar-refractivity contribution < 1.29 is 18.0 Å². The number of nitrogens with one attached hydrogen (secondary N) is 2. The lowest BCUT2D eigenvalue weighted by atomic mass is 9.96. The molecule has 0 spiro atoms. The molecular formula is C22H31Cl2F2N3O2Si. The molecule has 0 saturated carbocycles. The number of amides is 1. The van der Waals surface area contributed by atoms with Crippen LogP contribution in [0, 0.1) is 0 Å². The predicted molar refractivity (Wildman–Crippen MR) is 130 cm³/mol. The molecule has 0 fully saturated rings. The van der Waals surface area contributed by atoms with Crippen molar-refractivity contribution in [2.24, 2.45) is 0 Å². The van der Waals surface area contributed by atoms with E-state index in [1.165, 1.54) is 0 Å². The van der Waals surface area contributed by atoms with E-state index in [9.17, 15) is 13.6 Å². The summed E-state index contributed by atoms with van der Waals surface area (Å²) in [6, 6.07) is 1.64. The number of hydrogen-bond acceptors (Lipinski definition) is 3. The summed E-state index contributed by atoms with van der Waals surface area (Å²) >= 11 is 12.8. The van der Waals surface area contributed by atoms with Gasteiger partial charge in [0.15, 0.2) is 8.32 Å². The van der Waals surface area contributed by atoms with Crippen LogP contribution in [0.4, 0.5) is 14.5 Å². The van der Waals surface area contributed by atoms with Gasteiger partial charge in [-0.15, -0.1) is 0 Å². The maximum Gasteiger partial charge on any atom is 0.319 e. The fourth-order valence-corrected chi connectivity index (χ4v) is 5.38. The number of carbonyl (C=O) groups excluding carboxylic acids is 1. The minimum absolute atomic E-state index is 0.0609. The van der Waals surface area contributed by atoms with E-state index in [0.29, 0.717) is 35.5 Å². The minimum Gasteiger partial charge on any atom is -0.415 e. The fraction of sp³-hybridized carbons (Fsp3) is 0.591. The van der Waals surface area contributed by atoms with E-state index in [-0.39, 0.29) is 39.5 Å². The molecule has 32 heavy (non-hydrogen) atoms. The molecule has 1 aromatic heterocycles. The van der Waals surface area contributed by atoms with E-state index in [4.69, 9.17) is 27.6 Å². The molecule has 1 unspecified atom stereocenters. The number of aromatic nitrogens is 1. The van der Waals surface area contributed by atoms with E-state index in [1.807, 2.05) is 0 Å². The van der Waals surface area contributed by atoms with Gasteiger partial charge in [-0.1, -0.05) is 44.0 Å². The molecule has 1 amide bonds. The molecule has 0 bridgehead atoms. The molecule has 2 aromatic rings. The van der Waals surface area contributed by atoms with Crippen LogP contribution in [0.3, 0.4) is 0 Å². The Hall–Kier alpha value is -1.35. The Kier molecular flexibility index (Phi) is 7.20. The molecule has 0 radical (unpaired) electrons. The third-order valence-corrected chi connectivity index (χ3v) is 12.0.